The summed E-state index contributed by atoms with van der Waals surface area (Å²) in [6.07, 6.45) is 0. The summed E-state index contributed by atoms with van der Waals surface area (Å²) < 4.78 is 5.36. The molecule has 5 heteroatoms. The van der Waals surface area contributed by atoms with Crippen LogP contribution in [-0.4, -0.2) is 49.7 Å². The second kappa shape index (κ2) is 9.09. The molecular weight excluding hydrogens is 312 g/mol. The number of aliphatic imine (C=N–C) groups is 1. The number of methoxy groups -OCH3 is 1. The molecule has 5 nitrogen and oxygen atoms in total. The molecule has 1 aliphatic heterocycles. The maximum atomic E-state index is 5.36. The van der Waals surface area contributed by atoms with Crippen LogP contribution in [0.3, 0.4) is 0 Å². The van der Waals surface area contributed by atoms with Crippen molar-refractivity contribution in [3.8, 4) is 5.75 Å². The Morgan fingerprint density at radius 2 is 2.08 bits per heavy atom. The minimum Gasteiger partial charge on any atom is -0.497 e. The lowest BCUT2D eigenvalue weighted by Gasteiger charge is -2.22. The minimum absolute atomic E-state index is 0.437. The van der Waals surface area contributed by atoms with Gasteiger partial charge < -0.3 is 15.4 Å². The van der Waals surface area contributed by atoms with Crippen LogP contribution < -0.4 is 15.4 Å². The van der Waals surface area contributed by atoms with E-state index in [1.54, 1.807) is 7.11 Å². The van der Waals surface area contributed by atoms with E-state index in [1.165, 1.54) is 5.56 Å². The van der Waals surface area contributed by atoms with E-state index in [1.807, 2.05) is 6.07 Å². The second-order valence-corrected chi connectivity index (χ2v) is 7.33. The molecule has 0 amide bonds. The summed E-state index contributed by atoms with van der Waals surface area (Å²) in [6, 6.07) is 7.28. The fourth-order valence-electron chi connectivity index (χ4n) is 3.31. The van der Waals surface area contributed by atoms with Crippen molar-refractivity contribution in [3.05, 3.63) is 29.3 Å². The van der Waals surface area contributed by atoms with Crippen LogP contribution in [0.1, 0.15) is 38.8 Å². The number of nitrogens with one attached hydrogen (secondary N) is 2. The van der Waals surface area contributed by atoms with Gasteiger partial charge in [-0.05, 0) is 56.9 Å². The molecule has 2 atom stereocenters. The first-order valence-corrected chi connectivity index (χ1v) is 9.36. The maximum absolute atomic E-state index is 5.36. The zero-order valence-corrected chi connectivity index (χ0v) is 16.6. The molecule has 1 fully saturated rings. The van der Waals surface area contributed by atoms with Gasteiger partial charge in [-0.1, -0.05) is 13.0 Å². The Bertz CT molecular complexity index is 585. The summed E-state index contributed by atoms with van der Waals surface area (Å²) in [4.78, 5) is 7.31. The summed E-state index contributed by atoms with van der Waals surface area (Å²) in [7, 11) is 1.70. The molecule has 0 spiro atoms. The highest BCUT2D eigenvalue weighted by Crippen LogP contribution is 2.19. The monoisotopic (exact) mass is 346 g/mol. The molecule has 1 aromatic rings. The van der Waals surface area contributed by atoms with Crippen LogP contribution in [0.4, 0.5) is 0 Å². The van der Waals surface area contributed by atoms with Gasteiger partial charge in [-0.3, -0.25) is 4.90 Å². The number of nitrogens with zero attached hydrogens (tertiary/aromatic N) is 2. The third-order valence-corrected chi connectivity index (χ3v) is 4.80. The molecule has 2 unspecified atom stereocenters. The average molecular weight is 347 g/mol. The Balaban J connectivity index is 2.05. The number of guanidine groups is 1. The lowest BCUT2D eigenvalue weighted by atomic mass is 10.1. The first kappa shape index (κ1) is 19.6. The number of benzene rings is 1. The van der Waals surface area contributed by atoms with Gasteiger partial charge in [0.15, 0.2) is 5.96 Å². The molecule has 0 saturated carbocycles. The van der Waals surface area contributed by atoms with Gasteiger partial charge in [0, 0.05) is 31.7 Å². The second-order valence-electron chi connectivity index (χ2n) is 7.33. The normalized spacial score (nSPS) is 21.6. The molecular formula is C20H34N4O. The lowest BCUT2D eigenvalue weighted by molar-refractivity contribution is 0.265. The van der Waals surface area contributed by atoms with E-state index in [2.05, 4.69) is 62.3 Å². The first-order chi connectivity index (χ1) is 11.9. The van der Waals surface area contributed by atoms with Crippen molar-refractivity contribution >= 4 is 5.96 Å². The van der Waals surface area contributed by atoms with Gasteiger partial charge >= 0.3 is 0 Å². The number of likely N-dealkylation sites (tertiary alicyclic amines) is 1. The molecule has 0 radical (unpaired) electrons. The topological polar surface area (TPSA) is 48.9 Å². The van der Waals surface area contributed by atoms with Crippen molar-refractivity contribution in [2.45, 2.75) is 53.2 Å². The Morgan fingerprint density at radius 1 is 1.32 bits per heavy atom. The van der Waals surface area contributed by atoms with Gasteiger partial charge in [0.1, 0.15) is 5.75 Å². The molecule has 1 aliphatic rings. The van der Waals surface area contributed by atoms with Gasteiger partial charge in [-0.2, -0.15) is 0 Å². The third-order valence-electron chi connectivity index (χ3n) is 4.80. The standard InChI is InChI=1S/C20H34N4O/c1-7-21-20(23-19-13-24(14(2)3)12-16(19)5)22-11-17-8-15(4)9-18(10-17)25-6/h8-10,14,16,19H,7,11-13H2,1-6H3,(H2,21,22,23). The van der Waals surface area contributed by atoms with E-state index in [0.29, 0.717) is 24.5 Å². The molecule has 2 N–H and O–H groups in total. The van der Waals surface area contributed by atoms with Crippen molar-refractivity contribution in [3.63, 3.8) is 0 Å². The molecule has 0 aliphatic carbocycles. The van der Waals surface area contributed by atoms with Gasteiger partial charge in [-0.15, -0.1) is 0 Å². The number of ether oxygens (including phenoxy) is 1. The summed E-state index contributed by atoms with van der Waals surface area (Å²) in [5.74, 6) is 2.40. The Hall–Kier alpha value is -1.75. The Morgan fingerprint density at radius 3 is 2.68 bits per heavy atom. The molecule has 2 rings (SSSR count). The van der Waals surface area contributed by atoms with Gasteiger partial charge in [0.05, 0.1) is 13.7 Å². The number of rotatable bonds is 6. The fraction of sp³-hybridized carbons (Fsp3) is 0.650. The van der Waals surface area contributed by atoms with Crippen LogP contribution in [0.25, 0.3) is 0 Å². The zero-order chi connectivity index (χ0) is 18.4. The van der Waals surface area contributed by atoms with Crippen LogP contribution in [0.2, 0.25) is 0 Å². The van der Waals surface area contributed by atoms with E-state index in [0.717, 1.165) is 36.9 Å². The van der Waals surface area contributed by atoms with Crippen LogP contribution >= 0.6 is 0 Å². The minimum atomic E-state index is 0.437. The molecule has 0 bridgehead atoms. The van der Waals surface area contributed by atoms with Gasteiger partial charge in [0.25, 0.3) is 0 Å². The smallest absolute Gasteiger partial charge is 0.191 e. The van der Waals surface area contributed by atoms with Crippen molar-refractivity contribution in [1.29, 1.82) is 0 Å². The van der Waals surface area contributed by atoms with Crippen molar-refractivity contribution in [1.82, 2.24) is 15.5 Å². The van der Waals surface area contributed by atoms with Crippen LogP contribution in [0.15, 0.2) is 23.2 Å². The van der Waals surface area contributed by atoms with Crippen LogP contribution in [0, 0.1) is 12.8 Å². The third kappa shape index (κ3) is 5.63. The summed E-state index contributed by atoms with van der Waals surface area (Å²) >= 11 is 0. The van der Waals surface area contributed by atoms with Crippen LogP contribution in [0.5, 0.6) is 5.75 Å². The highest BCUT2D eigenvalue weighted by atomic mass is 16.5. The molecule has 1 aromatic carbocycles. The van der Waals surface area contributed by atoms with Crippen molar-refractivity contribution in [2.24, 2.45) is 10.9 Å². The first-order valence-electron chi connectivity index (χ1n) is 9.36. The van der Waals surface area contributed by atoms with E-state index in [-0.39, 0.29) is 0 Å². The predicted octanol–water partition coefficient (Wildman–Crippen LogP) is 2.79. The molecule has 1 heterocycles. The molecule has 25 heavy (non-hydrogen) atoms. The largest absolute Gasteiger partial charge is 0.497 e. The van der Waals surface area contributed by atoms with Gasteiger partial charge in [0.2, 0.25) is 0 Å². The lowest BCUT2D eigenvalue weighted by Crippen LogP contribution is -2.46. The molecule has 140 valence electrons. The van der Waals surface area contributed by atoms with Crippen LogP contribution in [-0.2, 0) is 6.54 Å². The fourth-order valence-corrected chi connectivity index (χ4v) is 3.31. The quantitative estimate of drug-likeness (QED) is 0.614. The zero-order valence-electron chi connectivity index (χ0n) is 16.6. The Kier molecular flexibility index (Phi) is 7.12. The number of hydrogen-bond acceptors (Lipinski definition) is 3. The maximum Gasteiger partial charge on any atom is 0.191 e. The average Bonchev–Trinajstić information content (AvgIpc) is 2.93. The Labute approximate surface area is 152 Å². The van der Waals surface area contributed by atoms with E-state index < -0.39 is 0 Å². The van der Waals surface area contributed by atoms with Crippen molar-refractivity contribution in [2.75, 3.05) is 26.7 Å². The summed E-state index contributed by atoms with van der Waals surface area (Å²) in [6.45, 7) is 14.7. The molecule has 0 aromatic heterocycles. The highest BCUT2D eigenvalue weighted by molar-refractivity contribution is 5.80. The van der Waals surface area contributed by atoms with E-state index >= 15 is 0 Å². The van der Waals surface area contributed by atoms with Crippen molar-refractivity contribution < 1.29 is 4.74 Å². The predicted molar refractivity (Wildman–Crippen MR) is 105 cm³/mol. The molecule has 1 saturated heterocycles. The SMILES string of the molecule is CCNC(=NCc1cc(C)cc(OC)c1)NC1CN(C(C)C)CC1C. The van der Waals surface area contributed by atoms with Gasteiger partial charge in [-0.25, -0.2) is 4.99 Å². The summed E-state index contributed by atoms with van der Waals surface area (Å²) in [5.41, 5.74) is 2.36. The highest BCUT2D eigenvalue weighted by Gasteiger charge is 2.31. The summed E-state index contributed by atoms with van der Waals surface area (Å²) in [5, 5.41) is 7.01. The van der Waals surface area contributed by atoms with E-state index in [9.17, 15) is 0 Å². The van der Waals surface area contributed by atoms with E-state index in [4.69, 9.17) is 9.73 Å². The number of hydrogen-bond donors (Lipinski definition) is 2. The number of aryl methyl sites for hydroxylation is 1.